The van der Waals surface area contributed by atoms with Crippen LogP contribution in [0.5, 0.6) is 0 Å². The smallest absolute Gasteiger partial charge is 0.180 e. The van der Waals surface area contributed by atoms with Crippen molar-refractivity contribution in [3.05, 3.63) is 18.2 Å². The van der Waals surface area contributed by atoms with Crippen LogP contribution < -0.4 is 0 Å². The van der Waals surface area contributed by atoms with E-state index in [9.17, 15) is 4.79 Å². The molecular formula is C21H38N2O. The fourth-order valence-electron chi connectivity index (χ4n) is 3.20. The number of hydrogen-bond acceptors (Lipinski definition) is 2. The van der Waals surface area contributed by atoms with Gasteiger partial charge in [0.15, 0.2) is 5.78 Å². The highest BCUT2D eigenvalue weighted by molar-refractivity contribution is 5.93. The van der Waals surface area contributed by atoms with Gasteiger partial charge in [-0.05, 0) is 6.42 Å². The molecule has 3 nitrogen and oxygen atoms in total. The fourth-order valence-corrected chi connectivity index (χ4v) is 3.20. The number of carbonyl (C=O) groups is 1. The number of unbranched alkanes of at least 4 members (excludes halogenated alkanes) is 14. The summed E-state index contributed by atoms with van der Waals surface area (Å²) in [4.78, 5) is 18.5. The predicted molar refractivity (Wildman–Crippen MR) is 102 cm³/mol. The summed E-state index contributed by atoms with van der Waals surface area (Å²) in [7, 11) is 0. The molecule has 0 saturated carbocycles. The highest BCUT2D eigenvalue weighted by Gasteiger charge is 2.05. The zero-order valence-electron chi connectivity index (χ0n) is 15.8. The number of imidazole rings is 1. The Morgan fingerprint density at radius 1 is 0.792 bits per heavy atom. The lowest BCUT2D eigenvalue weighted by Crippen LogP contribution is -1.98. The maximum Gasteiger partial charge on any atom is 0.180 e. The number of hydrogen-bond donors (Lipinski definition) is 1. The lowest BCUT2D eigenvalue weighted by molar-refractivity contribution is 0.0975. The van der Waals surface area contributed by atoms with Crippen LogP contribution in [0.15, 0.2) is 12.5 Å². The van der Waals surface area contributed by atoms with Gasteiger partial charge in [-0.25, -0.2) is 4.98 Å². The van der Waals surface area contributed by atoms with Gasteiger partial charge in [0, 0.05) is 6.42 Å². The molecule has 0 aliphatic heterocycles. The van der Waals surface area contributed by atoms with E-state index >= 15 is 0 Å². The Balaban J connectivity index is 1.74. The van der Waals surface area contributed by atoms with E-state index in [2.05, 4.69) is 16.9 Å². The van der Waals surface area contributed by atoms with E-state index in [0.717, 1.165) is 6.42 Å². The number of aromatic nitrogens is 2. The predicted octanol–water partition coefficient (Wildman–Crippen LogP) is 6.85. The molecule has 0 fully saturated rings. The topological polar surface area (TPSA) is 45.8 Å². The summed E-state index contributed by atoms with van der Waals surface area (Å²) in [6, 6.07) is 0. The summed E-state index contributed by atoms with van der Waals surface area (Å²) >= 11 is 0. The largest absolute Gasteiger partial charge is 0.342 e. The van der Waals surface area contributed by atoms with Crippen LogP contribution in [-0.4, -0.2) is 15.8 Å². The first-order valence-corrected chi connectivity index (χ1v) is 10.4. The fraction of sp³-hybridized carbons (Fsp3) is 0.810. The molecule has 0 spiro atoms. The first kappa shape index (κ1) is 20.9. The van der Waals surface area contributed by atoms with Gasteiger partial charge in [-0.1, -0.05) is 96.8 Å². The molecule has 0 atom stereocenters. The number of carbonyl (C=O) groups excluding carboxylic acids is 1. The van der Waals surface area contributed by atoms with Crippen LogP contribution in [0.25, 0.3) is 0 Å². The summed E-state index contributed by atoms with van der Waals surface area (Å²) in [6.45, 7) is 2.28. The Labute approximate surface area is 149 Å². The van der Waals surface area contributed by atoms with E-state index in [4.69, 9.17) is 0 Å². The molecule has 0 unspecified atom stereocenters. The molecule has 0 amide bonds. The molecule has 138 valence electrons. The Bertz CT molecular complexity index is 387. The van der Waals surface area contributed by atoms with Crippen LogP contribution in [0.2, 0.25) is 0 Å². The van der Waals surface area contributed by atoms with E-state index in [-0.39, 0.29) is 5.78 Å². The van der Waals surface area contributed by atoms with Crippen molar-refractivity contribution in [2.75, 3.05) is 0 Å². The van der Waals surface area contributed by atoms with Gasteiger partial charge in [-0.2, -0.15) is 0 Å². The van der Waals surface area contributed by atoms with Crippen molar-refractivity contribution >= 4 is 5.78 Å². The average molecular weight is 335 g/mol. The van der Waals surface area contributed by atoms with Crippen molar-refractivity contribution in [3.8, 4) is 0 Å². The van der Waals surface area contributed by atoms with Crippen LogP contribution in [0.4, 0.5) is 0 Å². The molecule has 3 heteroatoms. The van der Waals surface area contributed by atoms with Crippen molar-refractivity contribution < 1.29 is 4.79 Å². The van der Waals surface area contributed by atoms with E-state index < -0.39 is 0 Å². The summed E-state index contributed by atoms with van der Waals surface area (Å²) < 4.78 is 0. The second-order valence-corrected chi connectivity index (χ2v) is 7.09. The monoisotopic (exact) mass is 334 g/mol. The van der Waals surface area contributed by atoms with Gasteiger partial charge in [0.05, 0.1) is 12.5 Å². The van der Waals surface area contributed by atoms with Gasteiger partial charge >= 0.3 is 0 Å². The van der Waals surface area contributed by atoms with Gasteiger partial charge in [-0.15, -0.1) is 0 Å². The van der Waals surface area contributed by atoms with Crippen molar-refractivity contribution in [2.24, 2.45) is 0 Å². The minimum Gasteiger partial charge on any atom is -0.342 e. The minimum atomic E-state index is 0.196. The van der Waals surface area contributed by atoms with Crippen molar-refractivity contribution in [1.29, 1.82) is 0 Å². The van der Waals surface area contributed by atoms with Gasteiger partial charge in [0.25, 0.3) is 0 Å². The zero-order valence-corrected chi connectivity index (χ0v) is 15.8. The quantitative estimate of drug-likeness (QED) is 0.250. The number of nitrogens with one attached hydrogen (secondary N) is 1. The number of nitrogens with zero attached hydrogens (tertiary/aromatic N) is 1. The standard InChI is InChI=1S/C21H38N2O/c1-2-3-4-5-6-7-8-9-10-11-12-13-14-15-16-17-21(24)20-18-22-19-23-20/h18-19H,2-17H2,1H3,(H,22,23). The number of ketones is 1. The molecule has 1 aromatic rings. The van der Waals surface area contributed by atoms with E-state index in [1.54, 1.807) is 12.5 Å². The molecule has 1 rings (SSSR count). The van der Waals surface area contributed by atoms with E-state index in [1.165, 1.54) is 89.9 Å². The lowest BCUT2D eigenvalue weighted by Gasteiger charge is -2.03. The van der Waals surface area contributed by atoms with E-state index in [0.29, 0.717) is 12.1 Å². The minimum absolute atomic E-state index is 0.196. The Morgan fingerprint density at radius 3 is 1.67 bits per heavy atom. The van der Waals surface area contributed by atoms with Gasteiger partial charge in [-0.3, -0.25) is 4.79 Å². The summed E-state index contributed by atoms with van der Waals surface area (Å²) in [5.41, 5.74) is 0.653. The summed E-state index contributed by atoms with van der Waals surface area (Å²) in [5, 5.41) is 0. The van der Waals surface area contributed by atoms with Crippen molar-refractivity contribution in [3.63, 3.8) is 0 Å². The number of H-pyrrole nitrogens is 1. The lowest BCUT2D eigenvalue weighted by atomic mass is 10.0. The first-order chi connectivity index (χ1) is 11.8. The van der Waals surface area contributed by atoms with Crippen LogP contribution in [0.1, 0.15) is 120 Å². The third-order valence-electron chi connectivity index (χ3n) is 4.81. The SMILES string of the molecule is CCCCCCCCCCCCCCCCCC(=O)c1cnc[nH]1. The van der Waals surface area contributed by atoms with Gasteiger partial charge < -0.3 is 4.98 Å². The van der Waals surface area contributed by atoms with Crippen LogP contribution in [0.3, 0.4) is 0 Å². The molecule has 0 aromatic carbocycles. The molecule has 1 heterocycles. The van der Waals surface area contributed by atoms with Crippen molar-refractivity contribution in [2.45, 2.75) is 110 Å². The second-order valence-electron chi connectivity index (χ2n) is 7.09. The summed E-state index contributed by atoms with van der Waals surface area (Å²) in [5.74, 6) is 0.196. The highest BCUT2D eigenvalue weighted by atomic mass is 16.1. The maximum atomic E-state index is 11.8. The molecule has 24 heavy (non-hydrogen) atoms. The summed E-state index contributed by atoms with van der Waals surface area (Å²) in [6.07, 6.45) is 24.2. The third-order valence-corrected chi connectivity index (χ3v) is 4.81. The molecule has 0 saturated heterocycles. The van der Waals surface area contributed by atoms with Crippen molar-refractivity contribution in [1.82, 2.24) is 9.97 Å². The Kier molecular flexibility index (Phi) is 13.4. The van der Waals surface area contributed by atoms with Crippen LogP contribution in [0, 0.1) is 0 Å². The molecule has 0 radical (unpaired) electrons. The van der Waals surface area contributed by atoms with Gasteiger partial charge in [0.2, 0.25) is 0 Å². The molecule has 1 N–H and O–H groups in total. The third kappa shape index (κ3) is 11.4. The first-order valence-electron chi connectivity index (χ1n) is 10.4. The second kappa shape index (κ2) is 15.4. The molecular weight excluding hydrogens is 296 g/mol. The number of rotatable bonds is 17. The molecule has 1 aromatic heterocycles. The molecule has 0 aliphatic rings. The normalized spacial score (nSPS) is 11.0. The Hall–Kier alpha value is -1.12. The number of Topliss-reactive ketones (excluding diaryl/α,β-unsaturated/α-hetero) is 1. The molecule has 0 aliphatic carbocycles. The van der Waals surface area contributed by atoms with E-state index in [1.807, 2.05) is 0 Å². The van der Waals surface area contributed by atoms with Crippen LogP contribution >= 0.6 is 0 Å². The zero-order chi connectivity index (χ0) is 17.3. The molecule has 0 bridgehead atoms. The van der Waals surface area contributed by atoms with Gasteiger partial charge in [0.1, 0.15) is 5.69 Å². The Morgan fingerprint density at radius 2 is 1.25 bits per heavy atom. The number of aromatic amines is 1. The average Bonchev–Trinajstić information content (AvgIpc) is 3.13. The highest BCUT2D eigenvalue weighted by Crippen LogP contribution is 2.14. The maximum absolute atomic E-state index is 11.8. The van der Waals surface area contributed by atoms with Crippen LogP contribution in [-0.2, 0) is 0 Å².